The summed E-state index contributed by atoms with van der Waals surface area (Å²) in [5, 5.41) is 3.00. The molecule has 0 bridgehead atoms. The van der Waals surface area contributed by atoms with Gasteiger partial charge in [-0.3, -0.25) is 0 Å². The van der Waals surface area contributed by atoms with E-state index < -0.39 is 0 Å². The van der Waals surface area contributed by atoms with Gasteiger partial charge in [0.15, 0.2) is 0 Å². The van der Waals surface area contributed by atoms with Gasteiger partial charge in [0, 0.05) is 18.3 Å². The summed E-state index contributed by atoms with van der Waals surface area (Å²) in [4.78, 5) is 14.5. The van der Waals surface area contributed by atoms with E-state index in [0.717, 1.165) is 29.8 Å². The van der Waals surface area contributed by atoms with E-state index >= 15 is 0 Å². The van der Waals surface area contributed by atoms with Gasteiger partial charge in [0.2, 0.25) is 0 Å². The van der Waals surface area contributed by atoms with Crippen molar-refractivity contribution >= 4 is 11.7 Å². The molecule has 0 aromatic heterocycles. The number of anilines is 1. The van der Waals surface area contributed by atoms with Crippen LogP contribution in [0.2, 0.25) is 0 Å². The first-order valence-electron chi connectivity index (χ1n) is 7.93. The fourth-order valence-corrected chi connectivity index (χ4v) is 2.51. The molecule has 1 aliphatic rings. The molecule has 0 radical (unpaired) electrons. The number of methoxy groups -OCH3 is 1. The molecular formula is C19H22N2O2. The molecule has 1 saturated carbocycles. The molecule has 2 amide bonds. The molecular weight excluding hydrogens is 288 g/mol. The van der Waals surface area contributed by atoms with E-state index in [1.165, 1.54) is 5.56 Å². The number of hydrogen-bond donors (Lipinski definition) is 1. The van der Waals surface area contributed by atoms with Crippen LogP contribution in [0.5, 0.6) is 5.75 Å². The van der Waals surface area contributed by atoms with Gasteiger partial charge in [-0.25, -0.2) is 4.79 Å². The smallest absolute Gasteiger partial charge is 0.322 e. The Bertz CT molecular complexity index is 661. The Morgan fingerprint density at radius 1 is 1.13 bits per heavy atom. The number of amides is 2. The van der Waals surface area contributed by atoms with Crippen LogP contribution >= 0.6 is 0 Å². The summed E-state index contributed by atoms with van der Waals surface area (Å²) in [5.41, 5.74) is 3.12. The third-order valence-electron chi connectivity index (χ3n) is 4.06. The maximum Gasteiger partial charge on any atom is 0.322 e. The van der Waals surface area contributed by atoms with E-state index in [1.807, 2.05) is 60.4 Å². The predicted octanol–water partition coefficient (Wildman–Crippen LogP) is 4.20. The third kappa shape index (κ3) is 4.03. The average molecular weight is 310 g/mol. The van der Waals surface area contributed by atoms with Crippen molar-refractivity contribution in [3.05, 3.63) is 59.7 Å². The second-order valence-electron chi connectivity index (χ2n) is 6.00. The van der Waals surface area contributed by atoms with Gasteiger partial charge in [-0.15, -0.1) is 0 Å². The van der Waals surface area contributed by atoms with E-state index in [2.05, 4.69) is 5.32 Å². The average Bonchev–Trinajstić information content (AvgIpc) is 3.40. The standard InChI is InChI=1S/C19H22N2O2/c1-14-3-7-16(8-4-14)20-19(22)21(17-9-10-17)13-15-5-11-18(23-2)12-6-15/h3-8,11-12,17H,9-10,13H2,1-2H3,(H,20,22). The van der Waals surface area contributed by atoms with Crippen LogP contribution in [-0.4, -0.2) is 24.1 Å². The van der Waals surface area contributed by atoms with E-state index in [-0.39, 0.29) is 6.03 Å². The summed E-state index contributed by atoms with van der Waals surface area (Å²) in [6, 6.07) is 16.1. The normalized spacial score (nSPS) is 13.5. The number of ether oxygens (including phenoxy) is 1. The molecule has 0 unspecified atom stereocenters. The van der Waals surface area contributed by atoms with Crippen LogP contribution in [0.1, 0.15) is 24.0 Å². The summed E-state index contributed by atoms with van der Waals surface area (Å²) in [6.45, 7) is 2.65. The van der Waals surface area contributed by atoms with Crippen molar-refractivity contribution in [1.82, 2.24) is 4.90 Å². The number of benzene rings is 2. The highest BCUT2D eigenvalue weighted by Gasteiger charge is 2.32. The number of carbonyl (C=O) groups excluding carboxylic acids is 1. The molecule has 0 aliphatic heterocycles. The molecule has 2 aromatic rings. The highest BCUT2D eigenvalue weighted by molar-refractivity contribution is 5.89. The molecule has 2 aromatic carbocycles. The molecule has 1 fully saturated rings. The number of aryl methyl sites for hydroxylation is 1. The number of urea groups is 1. The van der Waals surface area contributed by atoms with Crippen molar-refractivity contribution in [2.75, 3.05) is 12.4 Å². The van der Waals surface area contributed by atoms with Gasteiger partial charge in [-0.05, 0) is 49.6 Å². The predicted molar refractivity (Wildman–Crippen MR) is 91.8 cm³/mol. The van der Waals surface area contributed by atoms with Crippen LogP contribution in [0.3, 0.4) is 0 Å². The summed E-state index contributed by atoms with van der Waals surface area (Å²) in [5.74, 6) is 0.829. The molecule has 3 rings (SSSR count). The van der Waals surface area contributed by atoms with E-state index in [0.29, 0.717) is 12.6 Å². The lowest BCUT2D eigenvalue weighted by Gasteiger charge is -2.23. The van der Waals surface area contributed by atoms with Gasteiger partial charge < -0.3 is 15.0 Å². The monoisotopic (exact) mass is 310 g/mol. The van der Waals surface area contributed by atoms with Crippen LogP contribution in [0, 0.1) is 6.92 Å². The minimum atomic E-state index is -0.0350. The second kappa shape index (κ2) is 6.73. The van der Waals surface area contributed by atoms with E-state index in [1.54, 1.807) is 7.11 Å². The first-order chi connectivity index (χ1) is 11.2. The molecule has 4 heteroatoms. The molecule has 0 heterocycles. The lowest BCUT2D eigenvalue weighted by Crippen LogP contribution is -2.36. The maximum absolute atomic E-state index is 12.6. The van der Waals surface area contributed by atoms with Crippen LogP contribution < -0.4 is 10.1 Å². The van der Waals surface area contributed by atoms with Gasteiger partial charge in [0.1, 0.15) is 5.75 Å². The highest BCUT2D eigenvalue weighted by Crippen LogP contribution is 2.29. The molecule has 1 aliphatic carbocycles. The van der Waals surface area contributed by atoms with Gasteiger partial charge in [0.05, 0.1) is 7.11 Å². The fourth-order valence-electron chi connectivity index (χ4n) is 2.51. The molecule has 23 heavy (non-hydrogen) atoms. The molecule has 0 atom stereocenters. The topological polar surface area (TPSA) is 41.6 Å². The first-order valence-corrected chi connectivity index (χ1v) is 7.93. The number of carbonyl (C=O) groups is 1. The molecule has 4 nitrogen and oxygen atoms in total. The van der Waals surface area contributed by atoms with Crippen molar-refractivity contribution in [3.63, 3.8) is 0 Å². The zero-order chi connectivity index (χ0) is 16.2. The minimum absolute atomic E-state index is 0.0350. The molecule has 0 saturated heterocycles. The largest absolute Gasteiger partial charge is 0.497 e. The van der Waals surface area contributed by atoms with Crippen LogP contribution in [-0.2, 0) is 6.54 Å². The Balaban J connectivity index is 1.67. The fraction of sp³-hybridized carbons (Fsp3) is 0.316. The summed E-state index contributed by atoms with van der Waals surface area (Å²) < 4.78 is 5.18. The number of nitrogens with one attached hydrogen (secondary N) is 1. The first kappa shape index (κ1) is 15.4. The van der Waals surface area contributed by atoms with Crippen molar-refractivity contribution in [3.8, 4) is 5.75 Å². The quantitative estimate of drug-likeness (QED) is 0.899. The van der Waals surface area contributed by atoms with E-state index in [4.69, 9.17) is 4.74 Å². The second-order valence-corrected chi connectivity index (χ2v) is 6.00. The zero-order valence-electron chi connectivity index (χ0n) is 13.6. The van der Waals surface area contributed by atoms with Gasteiger partial charge in [-0.2, -0.15) is 0 Å². The van der Waals surface area contributed by atoms with Crippen molar-refractivity contribution in [2.45, 2.75) is 32.4 Å². The SMILES string of the molecule is COc1ccc(CN(C(=O)Nc2ccc(C)cc2)C2CC2)cc1. The lowest BCUT2D eigenvalue weighted by atomic mass is 10.2. The third-order valence-corrected chi connectivity index (χ3v) is 4.06. The van der Waals surface area contributed by atoms with Gasteiger partial charge in [0.25, 0.3) is 0 Å². The molecule has 0 spiro atoms. The van der Waals surface area contributed by atoms with Gasteiger partial charge >= 0.3 is 6.03 Å². The molecule has 120 valence electrons. The number of nitrogens with zero attached hydrogens (tertiary/aromatic N) is 1. The van der Waals surface area contributed by atoms with E-state index in [9.17, 15) is 4.79 Å². The Labute approximate surface area is 137 Å². The van der Waals surface area contributed by atoms with Crippen molar-refractivity contribution in [1.29, 1.82) is 0 Å². The van der Waals surface area contributed by atoms with Crippen LogP contribution in [0.4, 0.5) is 10.5 Å². The van der Waals surface area contributed by atoms with Crippen LogP contribution in [0.25, 0.3) is 0 Å². The summed E-state index contributed by atoms with van der Waals surface area (Å²) >= 11 is 0. The van der Waals surface area contributed by atoms with Crippen molar-refractivity contribution < 1.29 is 9.53 Å². The Morgan fingerprint density at radius 3 is 2.35 bits per heavy atom. The summed E-state index contributed by atoms with van der Waals surface area (Å²) in [7, 11) is 1.65. The maximum atomic E-state index is 12.6. The zero-order valence-corrected chi connectivity index (χ0v) is 13.6. The number of rotatable bonds is 5. The highest BCUT2D eigenvalue weighted by atomic mass is 16.5. The summed E-state index contributed by atoms with van der Waals surface area (Å²) in [6.07, 6.45) is 2.16. The van der Waals surface area contributed by atoms with Gasteiger partial charge in [-0.1, -0.05) is 29.8 Å². The Kier molecular flexibility index (Phi) is 4.51. The van der Waals surface area contributed by atoms with Crippen molar-refractivity contribution in [2.24, 2.45) is 0 Å². The Morgan fingerprint density at radius 2 is 1.78 bits per heavy atom. The molecule has 1 N–H and O–H groups in total. The minimum Gasteiger partial charge on any atom is -0.497 e. The van der Waals surface area contributed by atoms with Crippen LogP contribution in [0.15, 0.2) is 48.5 Å². The Hall–Kier alpha value is -2.49. The number of hydrogen-bond acceptors (Lipinski definition) is 2. The lowest BCUT2D eigenvalue weighted by molar-refractivity contribution is 0.206.